The summed E-state index contributed by atoms with van der Waals surface area (Å²) in [4.78, 5) is 2.15. The number of aromatic amines is 1. The van der Waals surface area contributed by atoms with E-state index in [-0.39, 0.29) is 11.9 Å². The number of rotatable bonds is 6. The SMILES string of the molecule is COc1ccc(-c2[nH]ncc2CN(C)C[C@@H]2COCCO2)cc1F. The van der Waals surface area contributed by atoms with Crippen molar-refractivity contribution in [3.8, 4) is 17.0 Å². The van der Waals surface area contributed by atoms with Gasteiger partial charge in [-0.25, -0.2) is 4.39 Å². The molecule has 1 aromatic heterocycles. The van der Waals surface area contributed by atoms with Gasteiger partial charge in [0, 0.05) is 24.2 Å². The number of benzene rings is 1. The van der Waals surface area contributed by atoms with Crippen LogP contribution in [0.5, 0.6) is 5.75 Å². The monoisotopic (exact) mass is 335 g/mol. The highest BCUT2D eigenvalue weighted by Gasteiger charge is 2.18. The van der Waals surface area contributed by atoms with Gasteiger partial charge in [-0.3, -0.25) is 10.00 Å². The second-order valence-electron chi connectivity index (χ2n) is 5.88. The molecule has 1 fully saturated rings. The van der Waals surface area contributed by atoms with Crippen molar-refractivity contribution in [3.05, 3.63) is 35.8 Å². The molecule has 6 nitrogen and oxygen atoms in total. The van der Waals surface area contributed by atoms with E-state index in [2.05, 4.69) is 15.1 Å². The van der Waals surface area contributed by atoms with E-state index in [9.17, 15) is 4.39 Å². The van der Waals surface area contributed by atoms with Crippen molar-refractivity contribution >= 4 is 0 Å². The third-order valence-corrected chi connectivity index (χ3v) is 4.00. The van der Waals surface area contributed by atoms with Gasteiger partial charge in [-0.15, -0.1) is 0 Å². The summed E-state index contributed by atoms with van der Waals surface area (Å²) in [6.45, 7) is 3.36. The number of methoxy groups -OCH3 is 1. The van der Waals surface area contributed by atoms with E-state index in [1.54, 1.807) is 12.3 Å². The summed E-state index contributed by atoms with van der Waals surface area (Å²) >= 11 is 0. The van der Waals surface area contributed by atoms with Crippen LogP contribution in [0, 0.1) is 5.82 Å². The second kappa shape index (κ2) is 7.74. The van der Waals surface area contributed by atoms with Gasteiger partial charge in [-0.1, -0.05) is 0 Å². The highest BCUT2D eigenvalue weighted by Crippen LogP contribution is 2.27. The van der Waals surface area contributed by atoms with E-state index in [0.29, 0.717) is 26.4 Å². The quantitative estimate of drug-likeness (QED) is 0.876. The predicted octanol–water partition coefficient (Wildman–Crippen LogP) is 2.07. The first-order valence-electron chi connectivity index (χ1n) is 7.91. The average Bonchev–Trinajstić information content (AvgIpc) is 3.03. The number of halogens is 1. The Morgan fingerprint density at radius 2 is 2.29 bits per heavy atom. The normalized spacial score (nSPS) is 18.1. The Bertz CT molecular complexity index is 671. The van der Waals surface area contributed by atoms with E-state index in [1.165, 1.54) is 13.2 Å². The van der Waals surface area contributed by atoms with E-state index in [1.807, 2.05) is 13.1 Å². The van der Waals surface area contributed by atoms with Crippen molar-refractivity contribution in [1.82, 2.24) is 15.1 Å². The standard InChI is InChI=1S/C17H22FN3O3/c1-21(10-14-11-23-5-6-24-14)9-13-8-19-20-17(13)12-3-4-16(22-2)15(18)7-12/h3-4,7-8,14H,5-6,9-11H2,1-2H3,(H,19,20)/t14-/m1/s1. The third kappa shape index (κ3) is 3.92. The van der Waals surface area contributed by atoms with Crippen molar-refractivity contribution < 1.29 is 18.6 Å². The molecule has 1 saturated heterocycles. The zero-order valence-corrected chi connectivity index (χ0v) is 13.9. The summed E-state index contributed by atoms with van der Waals surface area (Å²) in [5.74, 6) is -0.164. The zero-order valence-electron chi connectivity index (χ0n) is 13.9. The van der Waals surface area contributed by atoms with Crippen molar-refractivity contribution in [2.75, 3.05) is 40.5 Å². The van der Waals surface area contributed by atoms with Gasteiger partial charge >= 0.3 is 0 Å². The number of hydrogen-bond donors (Lipinski definition) is 1. The van der Waals surface area contributed by atoms with Crippen LogP contribution in [-0.2, 0) is 16.0 Å². The van der Waals surface area contributed by atoms with Crippen molar-refractivity contribution in [2.45, 2.75) is 12.6 Å². The first-order valence-corrected chi connectivity index (χ1v) is 7.91. The highest BCUT2D eigenvalue weighted by molar-refractivity contribution is 5.63. The van der Waals surface area contributed by atoms with Crippen LogP contribution in [0.2, 0.25) is 0 Å². The molecule has 1 aliphatic rings. The van der Waals surface area contributed by atoms with Gasteiger partial charge in [0.1, 0.15) is 0 Å². The van der Waals surface area contributed by atoms with E-state index in [4.69, 9.17) is 14.2 Å². The van der Waals surface area contributed by atoms with Crippen molar-refractivity contribution in [1.29, 1.82) is 0 Å². The van der Waals surface area contributed by atoms with E-state index in [0.717, 1.165) is 23.4 Å². The van der Waals surface area contributed by atoms with Gasteiger partial charge in [-0.2, -0.15) is 5.10 Å². The number of nitrogens with one attached hydrogen (secondary N) is 1. The maximum atomic E-state index is 13.9. The van der Waals surface area contributed by atoms with Crippen LogP contribution < -0.4 is 4.74 Å². The highest BCUT2D eigenvalue weighted by atomic mass is 19.1. The van der Waals surface area contributed by atoms with Crippen LogP contribution in [0.15, 0.2) is 24.4 Å². The number of nitrogens with zero attached hydrogens (tertiary/aromatic N) is 2. The maximum Gasteiger partial charge on any atom is 0.165 e. The minimum absolute atomic E-state index is 0.0810. The van der Waals surface area contributed by atoms with Gasteiger partial charge in [0.05, 0.1) is 44.9 Å². The molecule has 1 aliphatic heterocycles. The Morgan fingerprint density at radius 1 is 1.42 bits per heavy atom. The van der Waals surface area contributed by atoms with Crippen LogP contribution in [0.25, 0.3) is 11.3 Å². The Hall–Kier alpha value is -1.96. The topological polar surface area (TPSA) is 59.6 Å². The largest absolute Gasteiger partial charge is 0.494 e. The molecule has 1 N–H and O–H groups in total. The fourth-order valence-corrected chi connectivity index (χ4v) is 2.85. The second-order valence-corrected chi connectivity index (χ2v) is 5.88. The summed E-state index contributed by atoms with van der Waals surface area (Å²) in [5.41, 5.74) is 2.55. The number of ether oxygens (including phenoxy) is 3. The molecular formula is C17H22FN3O3. The fraction of sp³-hybridized carbons (Fsp3) is 0.471. The lowest BCUT2D eigenvalue weighted by Gasteiger charge is -2.27. The van der Waals surface area contributed by atoms with Crippen LogP contribution in [0.3, 0.4) is 0 Å². The summed E-state index contributed by atoms with van der Waals surface area (Å²) in [6, 6.07) is 4.89. The fourth-order valence-electron chi connectivity index (χ4n) is 2.85. The van der Waals surface area contributed by atoms with Crippen LogP contribution >= 0.6 is 0 Å². The molecule has 7 heteroatoms. The molecule has 130 valence electrons. The Morgan fingerprint density at radius 3 is 3.00 bits per heavy atom. The summed E-state index contributed by atoms with van der Waals surface area (Å²) < 4.78 is 30.0. The number of likely N-dealkylation sites (N-methyl/N-ethyl adjacent to an activating group) is 1. The molecule has 24 heavy (non-hydrogen) atoms. The Labute approximate surface area is 140 Å². The third-order valence-electron chi connectivity index (χ3n) is 4.00. The van der Waals surface area contributed by atoms with Crippen molar-refractivity contribution in [3.63, 3.8) is 0 Å². The molecule has 2 aromatic rings. The predicted molar refractivity (Wildman–Crippen MR) is 87.4 cm³/mol. The summed E-state index contributed by atoms with van der Waals surface area (Å²) in [7, 11) is 3.47. The molecular weight excluding hydrogens is 313 g/mol. The summed E-state index contributed by atoms with van der Waals surface area (Å²) in [5, 5.41) is 7.06. The van der Waals surface area contributed by atoms with E-state index < -0.39 is 5.82 Å². The smallest absolute Gasteiger partial charge is 0.165 e. The minimum atomic E-state index is -0.392. The van der Waals surface area contributed by atoms with Gasteiger partial charge in [-0.05, 0) is 25.2 Å². The van der Waals surface area contributed by atoms with Gasteiger partial charge in [0.25, 0.3) is 0 Å². The van der Waals surface area contributed by atoms with Crippen molar-refractivity contribution in [2.24, 2.45) is 0 Å². The zero-order chi connectivity index (χ0) is 16.9. The Balaban J connectivity index is 1.69. The molecule has 1 aromatic carbocycles. The lowest BCUT2D eigenvalue weighted by molar-refractivity contribution is -0.0962. The first-order chi connectivity index (χ1) is 11.7. The van der Waals surface area contributed by atoms with Gasteiger partial charge < -0.3 is 14.2 Å². The minimum Gasteiger partial charge on any atom is -0.494 e. The van der Waals surface area contributed by atoms with Crippen LogP contribution in [0.4, 0.5) is 4.39 Å². The summed E-state index contributed by atoms with van der Waals surface area (Å²) in [6.07, 6.45) is 1.85. The molecule has 0 spiro atoms. The maximum absolute atomic E-state index is 13.9. The lowest BCUT2D eigenvalue weighted by Crippen LogP contribution is -2.38. The van der Waals surface area contributed by atoms with Crippen LogP contribution in [0.1, 0.15) is 5.56 Å². The molecule has 0 saturated carbocycles. The number of hydrogen-bond acceptors (Lipinski definition) is 5. The number of H-pyrrole nitrogens is 1. The van der Waals surface area contributed by atoms with Gasteiger partial charge in [0.2, 0.25) is 0 Å². The van der Waals surface area contributed by atoms with E-state index >= 15 is 0 Å². The number of aromatic nitrogens is 2. The molecule has 0 unspecified atom stereocenters. The van der Waals surface area contributed by atoms with Gasteiger partial charge in [0.15, 0.2) is 11.6 Å². The lowest BCUT2D eigenvalue weighted by atomic mass is 10.1. The first kappa shape index (κ1) is 16.9. The van der Waals surface area contributed by atoms with Crippen LogP contribution in [-0.4, -0.2) is 61.7 Å². The molecule has 0 radical (unpaired) electrons. The molecule has 0 aliphatic carbocycles. The average molecular weight is 335 g/mol. The molecule has 1 atom stereocenters. The molecule has 0 amide bonds. The molecule has 0 bridgehead atoms. The molecule has 3 rings (SSSR count). The molecule has 2 heterocycles. The Kier molecular flexibility index (Phi) is 5.44.